The Balaban J connectivity index is 1.33. The van der Waals surface area contributed by atoms with Crippen molar-refractivity contribution in [1.82, 2.24) is 15.0 Å². The molecule has 1 aliphatic rings. The lowest BCUT2D eigenvalue weighted by Crippen LogP contribution is -2.31. The monoisotopic (exact) mass is 473 g/mol. The van der Waals surface area contributed by atoms with Gasteiger partial charge in [-0.2, -0.15) is 20.1 Å². The van der Waals surface area contributed by atoms with Crippen LogP contribution in [0, 0.1) is 0 Å². The van der Waals surface area contributed by atoms with E-state index in [2.05, 4.69) is 35.7 Å². The highest BCUT2D eigenvalue weighted by Gasteiger charge is 2.16. The molecule has 0 atom stereocenters. The molecule has 4 aromatic rings. The summed E-state index contributed by atoms with van der Waals surface area (Å²) in [6.45, 7) is 1.86. The van der Waals surface area contributed by atoms with E-state index in [1.165, 1.54) is 6.42 Å². The van der Waals surface area contributed by atoms with Crippen molar-refractivity contribution in [3.8, 4) is 11.3 Å². The van der Waals surface area contributed by atoms with Crippen molar-refractivity contribution < 1.29 is 4.42 Å². The van der Waals surface area contributed by atoms with Crippen LogP contribution >= 0.6 is 11.6 Å². The Morgan fingerprint density at radius 2 is 1.62 bits per heavy atom. The van der Waals surface area contributed by atoms with Crippen molar-refractivity contribution in [3.05, 3.63) is 77.5 Å². The topological polar surface area (TPSA) is 91.5 Å². The summed E-state index contributed by atoms with van der Waals surface area (Å²) in [5, 5.41) is 8.21. The minimum atomic E-state index is 0.356. The lowest BCUT2D eigenvalue weighted by Gasteiger charge is -2.26. The van der Waals surface area contributed by atoms with Crippen molar-refractivity contribution in [3.63, 3.8) is 0 Å². The molecule has 0 aliphatic carbocycles. The SMILES string of the molecule is Clc1ccc(-c2ccc(/C=N/Nc3nc(Nc4ccccc4)nc(N4CCCCC4)n3)o2)cc1. The van der Waals surface area contributed by atoms with Gasteiger partial charge in [0, 0.05) is 29.4 Å². The molecule has 1 fully saturated rings. The molecule has 0 amide bonds. The maximum atomic E-state index is 5.96. The third kappa shape index (κ3) is 5.52. The fraction of sp³-hybridized carbons (Fsp3) is 0.200. The van der Waals surface area contributed by atoms with E-state index >= 15 is 0 Å². The number of hydrazone groups is 1. The summed E-state index contributed by atoms with van der Waals surface area (Å²) in [5.74, 6) is 2.79. The highest BCUT2D eigenvalue weighted by molar-refractivity contribution is 6.30. The molecule has 3 heterocycles. The normalized spacial score (nSPS) is 13.9. The molecule has 0 bridgehead atoms. The van der Waals surface area contributed by atoms with Gasteiger partial charge in [-0.15, -0.1) is 0 Å². The number of nitrogens with one attached hydrogen (secondary N) is 2. The van der Waals surface area contributed by atoms with Crippen molar-refractivity contribution in [1.29, 1.82) is 0 Å². The van der Waals surface area contributed by atoms with E-state index in [9.17, 15) is 0 Å². The number of rotatable bonds is 7. The summed E-state index contributed by atoms with van der Waals surface area (Å²) < 4.78 is 5.86. The second-order valence-corrected chi connectivity index (χ2v) is 8.34. The largest absolute Gasteiger partial charge is 0.455 e. The third-order valence-electron chi connectivity index (χ3n) is 5.40. The Morgan fingerprint density at radius 1 is 0.853 bits per heavy atom. The number of halogens is 1. The first-order chi connectivity index (χ1) is 16.7. The quantitative estimate of drug-likeness (QED) is 0.252. The zero-order chi connectivity index (χ0) is 23.2. The van der Waals surface area contributed by atoms with Gasteiger partial charge in [-0.3, -0.25) is 0 Å². The van der Waals surface area contributed by atoms with Gasteiger partial charge in [-0.05, 0) is 67.8 Å². The summed E-state index contributed by atoms with van der Waals surface area (Å²) >= 11 is 5.96. The summed E-state index contributed by atoms with van der Waals surface area (Å²) in [5.41, 5.74) is 4.76. The van der Waals surface area contributed by atoms with Crippen LogP contribution in [0.5, 0.6) is 0 Å². The van der Waals surface area contributed by atoms with Gasteiger partial charge < -0.3 is 14.6 Å². The Morgan fingerprint density at radius 3 is 2.41 bits per heavy atom. The zero-order valence-electron chi connectivity index (χ0n) is 18.5. The Hall–Kier alpha value is -3.91. The number of anilines is 4. The van der Waals surface area contributed by atoms with Crippen LogP contribution in [0.1, 0.15) is 25.0 Å². The molecule has 2 aromatic carbocycles. The minimum Gasteiger partial charge on any atom is -0.455 e. The van der Waals surface area contributed by atoms with E-state index in [4.69, 9.17) is 16.0 Å². The van der Waals surface area contributed by atoms with Crippen LogP contribution in [0.15, 0.2) is 76.2 Å². The third-order valence-corrected chi connectivity index (χ3v) is 5.66. The first-order valence-corrected chi connectivity index (χ1v) is 11.6. The van der Waals surface area contributed by atoms with Gasteiger partial charge in [0.05, 0.1) is 6.21 Å². The Bertz CT molecular complexity index is 1250. The molecule has 5 rings (SSSR count). The highest BCUT2D eigenvalue weighted by atomic mass is 35.5. The molecule has 2 N–H and O–H groups in total. The van der Waals surface area contributed by atoms with Crippen LogP contribution in [-0.2, 0) is 0 Å². The van der Waals surface area contributed by atoms with Crippen molar-refractivity contribution in [2.24, 2.45) is 5.10 Å². The number of hydrogen-bond donors (Lipinski definition) is 2. The summed E-state index contributed by atoms with van der Waals surface area (Å²) in [6, 6.07) is 21.0. The van der Waals surface area contributed by atoms with Gasteiger partial charge in [-0.1, -0.05) is 29.8 Å². The smallest absolute Gasteiger partial charge is 0.250 e. The van der Waals surface area contributed by atoms with Crippen LogP contribution < -0.4 is 15.6 Å². The Labute approximate surface area is 202 Å². The maximum Gasteiger partial charge on any atom is 0.250 e. The van der Waals surface area contributed by atoms with Crippen molar-refractivity contribution in [2.75, 3.05) is 28.7 Å². The molecule has 9 heteroatoms. The highest BCUT2D eigenvalue weighted by Crippen LogP contribution is 2.24. The van der Waals surface area contributed by atoms with Gasteiger partial charge in [-0.25, -0.2) is 5.43 Å². The van der Waals surface area contributed by atoms with Crippen molar-refractivity contribution in [2.45, 2.75) is 19.3 Å². The number of aromatic nitrogens is 3. The van der Waals surface area contributed by atoms with E-state index in [-0.39, 0.29) is 0 Å². The molecule has 172 valence electrons. The zero-order valence-corrected chi connectivity index (χ0v) is 19.2. The van der Waals surface area contributed by atoms with E-state index in [1.54, 1.807) is 6.21 Å². The van der Waals surface area contributed by atoms with E-state index in [0.29, 0.717) is 28.6 Å². The number of para-hydroxylation sites is 1. The summed E-state index contributed by atoms with van der Waals surface area (Å²) in [7, 11) is 0. The van der Waals surface area contributed by atoms with Crippen molar-refractivity contribution >= 4 is 41.3 Å². The molecule has 1 saturated heterocycles. The molecule has 0 radical (unpaired) electrons. The maximum absolute atomic E-state index is 5.96. The standard InChI is InChI=1S/C25H24ClN7O/c26-19-11-9-18(10-12-19)22-14-13-21(34-22)17-27-32-24-29-23(28-20-7-3-1-4-8-20)30-25(31-24)33-15-5-2-6-16-33/h1,3-4,7-14,17H,2,5-6,15-16H2,(H2,28,29,30,31,32)/b27-17+. The minimum absolute atomic E-state index is 0.356. The molecule has 0 spiro atoms. The molecule has 8 nitrogen and oxygen atoms in total. The first-order valence-electron chi connectivity index (χ1n) is 11.2. The molecule has 0 saturated carbocycles. The lowest BCUT2D eigenvalue weighted by atomic mass is 10.1. The van der Waals surface area contributed by atoms with E-state index in [0.717, 1.165) is 42.9 Å². The average molecular weight is 474 g/mol. The van der Waals surface area contributed by atoms with Gasteiger partial charge in [0.2, 0.25) is 17.8 Å². The average Bonchev–Trinajstić information content (AvgIpc) is 3.34. The second kappa shape index (κ2) is 10.4. The molecule has 2 aromatic heterocycles. The number of benzene rings is 2. The Kier molecular flexibility index (Phi) is 6.67. The number of piperidine rings is 1. The van der Waals surface area contributed by atoms with Crippen LogP contribution in [0.2, 0.25) is 5.02 Å². The van der Waals surface area contributed by atoms with E-state index in [1.807, 2.05) is 66.7 Å². The van der Waals surface area contributed by atoms with Crippen LogP contribution in [0.3, 0.4) is 0 Å². The molecular formula is C25H24ClN7O. The second-order valence-electron chi connectivity index (χ2n) is 7.90. The number of hydrogen-bond acceptors (Lipinski definition) is 8. The lowest BCUT2D eigenvalue weighted by molar-refractivity contribution is 0.568. The van der Waals surface area contributed by atoms with Gasteiger partial charge in [0.25, 0.3) is 0 Å². The molecule has 1 aliphatic heterocycles. The number of furan rings is 1. The first kappa shape index (κ1) is 21.9. The predicted octanol–water partition coefficient (Wildman–Crippen LogP) is 5.96. The van der Waals surface area contributed by atoms with Gasteiger partial charge in [0.1, 0.15) is 11.5 Å². The summed E-state index contributed by atoms with van der Waals surface area (Å²) in [4.78, 5) is 15.9. The summed E-state index contributed by atoms with van der Waals surface area (Å²) in [6.07, 6.45) is 5.08. The van der Waals surface area contributed by atoms with E-state index < -0.39 is 0 Å². The predicted molar refractivity (Wildman–Crippen MR) is 136 cm³/mol. The number of nitrogens with zero attached hydrogens (tertiary/aromatic N) is 5. The van der Waals surface area contributed by atoms with Crippen LogP contribution in [0.25, 0.3) is 11.3 Å². The van der Waals surface area contributed by atoms with Gasteiger partial charge in [0.15, 0.2) is 0 Å². The van der Waals surface area contributed by atoms with Gasteiger partial charge >= 0.3 is 0 Å². The molecular weight excluding hydrogens is 450 g/mol. The van der Waals surface area contributed by atoms with Crippen LogP contribution in [0.4, 0.5) is 23.5 Å². The molecule has 34 heavy (non-hydrogen) atoms. The fourth-order valence-electron chi connectivity index (χ4n) is 3.70. The fourth-order valence-corrected chi connectivity index (χ4v) is 3.83. The molecule has 0 unspecified atom stereocenters. The van der Waals surface area contributed by atoms with Crippen LogP contribution in [-0.4, -0.2) is 34.3 Å².